The summed E-state index contributed by atoms with van der Waals surface area (Å²) in [5.41, 5.74) is 6.87. The molecule has 12 nitrogen and oxygen atoms in total. The number of nitrogens with zero attached hydrogens (tertiary/aromatic N) is 3. The Bertz CT molecular complexity index is 1250. The van der Waals surface area contributed by atoms with Gasteiger partial charge in [-0.1, -0.05) is 0 Å². The average molecular weight is 509 g/mol. The summed E-state index contributed by atoms with van der Waals surface area (Å²) >= 11 is 0. The number of methoxy groups -OCH3 is 4. The smallest absolute Gasteiger partial charge is 0.292 e. The van der Waals surface area contributed by atoms with Gasteiger partial charge in [0.15, 0.2) is 5.69 Å². The van der Waals surface area contributed by atoms with Gasteiger partial charge in [0.2, 0.25) is 0 Å². The fourth-order valence-corrected chi connectivity index (χ4v) is 3.33. The topological polar surface area (TPSA) is 149 Å². The van der Waals surface area contributed by atoms with Crippen molar-refractivity contribution in [1.82, 2.24) is 20.8 Å². The minimum atomic E-state index is -0.684. The predicted molar refractivity (Wildman–Crippen MR) is 137 cm³/mol. The molecule has 3 aromatic rings. The second-order valence-corrected chi connectivity index (χ2v) is 7.53. The normalized spacial score (nSPS) is 11.5. The standard InChI is InChI=1S/C25H28N6O6/c1-14(18-9-7-16(34-3)11-20(18)36-5)28-30-24(32)22-23(27-13-26-22)25(33)31-29-15(2)19-10-8-17(35-4)12-21(19)37-6/h7-13H,1-6H3,(H,26,27)(H,30,32)(H,31,33)/b28-14+,29-15+. The Morgan fingerprint density at radius 2 is 1.24 bits per heavy atom. The molecule has 0 radical (unpaired) electrons. The summed E-state index contributed by atoms with van der Waals surface area (Å²) in [6.07, 6.45) is 1.23. The maximum absolute atomic E-state index is 12.7. The monoisotopic (exact) mass is 508 g/mol. The quantitative estimate of drug-likeness (QED) is 0.282. The second-order valence-electron chi connectivity index (χ2n) is 7.53. The molecule has 0 atom stereocenters. The molecular formula is C25H28N6O6. The van der Waals surface area contributed by atoms with Gasteiger partial charge in [0.1, 0.15) is 28.7 Å². The van der Waals surface area contributed by atoms with Crippen LogP contribution >= 0.6 is 0 Å². The van der Waals surface area contributed by atoms with Gasteiger partial charge in [0, 0.05) is 23.3 Å². The van der Waals surface area contributed by atoms with Crippen LogP contribution in [0.1, 0.15) is 46.0 Å². The van der Waals surface area contributed by atoms with Gasteiger partial charge in [-0.2, -0.15) is 10.2 Å². The number of H-pyrrole nitrogens is 1. The number of aromatic amines is 1. The fraction of sp³-hybridized carbons (Fsp3) is 0.240. The van der Waals surface area contributed by atoms with Crippen LogP contribution in [0, 0.1) is 0 Å². The summed E-state index contributed by atoms with van der Waals surface area (Å²) in [5, 5.41) is 8.25. The number of aromatic nitrogens is 2. The van der Waals surface area contributed by atoms with E-state index in [1.807, 2.05) is 0 Å². The summed E-state index contributed by atoms with van der Waals surface area (Å²) in [6, 6.07) is 10.4. The average Bonchev–Trinajstić information content (AvgIpc) is 3.43. The maximum atomic E-state index is 12.7. The lowest BCUT2D eigenvalue weighted by molar-refractivity contribution is 0.0915. The van der Waals surface area contributed by atoms with E-state index in [-0.39, 0.29) is 11.4 Å². The SMILES string of the molecule is COc1ccc(/C(C)=N/NC(=O)c2nc[nH]c2C(=O)N/N=C(\C)c2ccc(OC)cc2OC)c(OC)c1. The molecule has 37 heavy (non-hydrogen) atoms. The zero-order valence-corrected chi connectivity index (χ0v) is 21.3. The first kappa shape index (κ1) is 26.7. The molecule has 0 bridgehead atoms. The van der Waals surface area contributed by atoms with E-state index in [9.17, 15) is 9.59 Å². The lowest BCUT2D eigenvalue weighted by Crippen LogP contribution is -2.26. The third kappa shape index (κ3) is 6.23. The van der Waals surface area contributed by atoms with Crippen molar-refractivity contribution in [3.8, 4) is 23.0 Å². The molecule has 0 aliphatic heterocycles. The molecule has 12 heteroatoms. The summed E-state index contributed by atoms with van der Waals surface area (Å²) in [7, 11) is 6.15. The van der Waals surface area contributed by atoms with Crippen molar-refractivity contribution in [2.75, 3.05) is 28.4 Å². The molecule has 0 saturated heterocycles. The van der Waals surface area contributed by atoms with Crippen molar-refractivity contribution < 1.29 is 28.5 Å². The van der Waals surface area contributed by atoms with E-state index in [0.717, 1.165) is 0 Å². The van der Waals surface area contributed by atoms with Gasteiger partial charge in [-0.3, -0.25) is 9.59 Å². The number of ether oxygens (including phenoxy) is 4. The highest BCUT2D eigenvalue weighted by Crippen LogP contribution is 2.26. The summed E-state index contributed by atoms with van der Waals surface area (Å²) in [6.45, 7) is 3.41. The minimum absolute atomic E-state index is 0.0781. The highest BCUT2D eigenvalue weighted by atomic mass is 16.5. The summed E-state index contributed by atoms with van der Waals surface area (Å²) in [5.74, 6) is 0.944. The van der Waals surface area contributed by atoms with Gasteiger partial charge < -0.3 is 23.9 Å². The molecule has 1 aromatic heterocycles. The van der Waals surface area contributed by atoms with E-state index in [1.54, 1.807) is 64.5 Å². The third-order valence-corrected chi connectivity index (χ3v) is 5.33. The number of nitrogens with one attached hydrogen (secondary N) is 3. The van der Waals surface area contributed by atoms with Gasteiger partial charge in [0.05, 0.1) is 46.2 Å². The lowest BCUT2D eigenvalue weighted by atomic mass is 10.1. The zero-order valence-electron chi connectivity index (χ0n) is 21.3. The maximum Gasteiger partial charge on any atom is 0.292 e. The number of imidazole rings is 1. The van der Waals surface area contributed by atoms with Gasteiger partial charge in [0.25, 0.3) is 11.8 Å². The van der Waals surface area contributed by atoms with Gasteiger partial charge >= 0.3 is 0 Å². The van der Waals surface area contributed by atoms with Crippen LogP contribution in [0.3, 0.4) is 0 Å². The lowest BCUT2D eigenvalue weighted by Gasteiger charge is -2.10. The van der Waals surface area contributed by atoms with Crippen LogP contribution in [0.15, 0.2) is 52.9 Å². The van der Waals surface area contributed by atoms with Crippen LogP contribution in [0.4, 0.5) is 0 Å². The van der Waals surface area contributed by atoms with Crippen LogP contribution in [0.5, 0.6) is 23.0 Å². The number of carbonyl (C=O) groups excluding carboxylic acids is 2. The molecule has 1 heterocycles. The number of rotatable bonds is 10. The molecule has 2 aromatic carbocycles. The van der Waals surface area contributed by atoms with Crippen LogP contribution in [0.25, 0.3) is 0 Å². The Hall–Kier alpha value is -4.87. The van der Waals surface area contributed by atoms with Gasteiger partial charge in [-0.25, -0.2) is 15.8 Å². The Morgan fingerprint density at radius 1 is 0.757 bits per heavy atom. The second kappa shape index (κ2) is 12.2. The van der Waals surface area contributed by atoms with Crippen LogP contribution in [-0.4, -0.2) is 61.6 Å². The van der Waals surface area contributed by atoms with E-state index >= 15 is 0 Å². The van der Waals surface area contributed by atoms with Crippen molar-refractivity contribution in [2.45, 2.75) is 13.8 Å². The van der Waals surface area contributed by atoms with Crippen molar-refractivity contribution in [2.24, 2.45) is 10.2 Å². The Kier molecular flexibility index (Phi) is 8.81. The van der Waals surface area contributed by atoms with E-state index in [2.05, 4.69) is 31.0 Å². The first-order chi connectivity index (χ1) is 17.8. The number of carbonyl (C=O) groups is 2. The molecule has 3 N–H and O–H groups in total. The number of amides is 2. The van der Waals surface area contributed by atoms with E-state index in [1.165, 1.54) is 20.5 Å². The number of hydrogen-bond acceptors (Lipinski definition) is 9. The molecule has 0 aliphatic carbocycles. The molecule has 0 fully saturated rings. The Morgan fingerprint density at radius 3 is 1.70 bits per heavy atom. The summed E-state index contributed by atoms with van der Waals surface area (Å²) < 4.78 is 21.1. The van der Waals surface area contributed by atoms with E-state index in [0.29, 0.717) is 45.5 Å². The van der Waals surface area contributed by atoms with Crippen molar-refractivity contribution >= 4 is 23.2 Å². The largest absolute Gasteiger partial charge is 0.497 e. The third-order valence-electron chi connectivity index (χ3n) is 5.33. The van der Waals surface area contributed by atoms with Crippen molar-refractivity contribution in [1.29, 1.82) is 0 Å². The first-order valence-electron chi connectivity index (χ1n) is 11.0. The predicted octanol–water partition coefficient (Wildman–Crippen LogP) is 2.75. The van der Waals surface area contributed by atoms with Crippen LogP contribution in [0.2, 0.25) is 0 Å². The Balaban J connectivity index is 1.73. The molecule has 3 rings (SSSR count). The highest BCUT2D eigenvalue weighted by molar-refractivity contribution is 6.07. The van der Waals surface area contributed by atoms with Gasteiger partial charge in [-0.15, -0.1) is 0 Å². The molecule has 0 aliphatic rings. The minimum Gasteiger partial charge on any atom is -0.497 e. The fourth-order valence-electron chi connectivity index (χ4n) is 3.33. The molecule has 194 valence electrons. The highest BCUT2D eigenvalue weighted by Gasteiger charge is 2.21. The number of hydrazone groups is 2. The number of benzene rings is 2. The number of hydrogen-bond donors (Lipinski definition) is 3. The molecule has 2 amide bonds. The van der Waals surface area contributed by atoms with Gasteiger partial charge in [-0.05, 0) is 38.1 Å². The molecular weight excluding hydrogens is 480 g/mol. The first-order valence-corrected chi connectivity index (χ1v) is 11.0. The Labute approximate surface area is 213 Å². The van der Waals surface area contributed by atoms with Crippen LogP contribution < -0.4 is 29.8 Å². The van der Waals surface area contributed by atoms with Crippen molar-refractivity contribution in [3.63, 3.8) is 0 Å². The van der Waals surface area contributed by atoms with Crippen LogP contribution in [-0.2, 0) is 0 Å². The zero-order chi connectivity index (χ0) is 26.9. The molecule has 0 spiro atoms. The van der Waals surface area contributed by atoms with E-state index in [4.69, 9.17) is 18.9 Å². The summed E-state index contributed by atoms with van der Waals surface area (Å²) in [4.78, 5) is 32.1. The van der Waals surface area contributed by atoms with Crippen molar-refractivity contribution in [3.05, 3.63) is 65.2 Å². The molecule has 0 unspecified atom stereocenters. The molecule has 0 saturated carbocycles. The van der Waals surface area contributed by atoms with E-state index < -0.39 is 11.8 Å².